The van der Waals surface area contributed by atoms with Crippen molar-refractivity contribution in [2.45, 2.75) is 25.3 Å². The summed E-state index contributed by atoms with van der Waals surface area (Å²) < 4.78 is 0.659. The Morgan fingerprint density at radius 1 is 1.22 bits per heavy atom. The van der Waals surface area contributed by atoms with Crippen LogP contribution in [0.5, 0.6) is 0 Å². The minimum atomic E-state index is -0.0719. The number of rotatable bonds is 3. The number of hydrogen-bond donors (Lipinski definition) is 3. The number of aromatic amines is 2. The van der Waals surface area contributed by atoms with Gasteiger partial charge in [-0.25, -0.2) is 4.98 Å². The summed E-state index contributed by atoms with van der Waals surface area (Å²) in [6.45, 7) is 2.86. The first-order chi connectivity index (χ1) is 13.2. The van der Waals surface area contributed by atoms with Crippen molar-refractivity contribution in [3.05, 3.63) is 70.0 Å². The highest BCUT2D eigenvalue weighted by Crippen LogP contribution is 2.35. The molecule has 4 heterocycles. The Hall–Kier alpha value is -2.77. The average Bonchev–Trinajstić information content (AvgIpc) is 3.41. The number of aromatic nitrogens is 4. The fourth-order valence-electron chi connectivity index (χ4n) is 3.78. The van der Waals surface area contributed by atoms with Crippen LogP contribution in [0.3, 0.4) is 0 Å². The number of thiophene rings is 1. The number of nitrogens with zero attached hydrogens (tertiary/aromatic N) is 2. The molecular weight excluding hydrogens is 358 g/mol. The van der Waals surface area contributed by atoms with E-state index in [1.807, 2.05) is 19.1 Å². The van der Waals surface area contributed by atoms with E-state index in [9.17, 15) is 4.79 Å². The van der Waals surface area contributed by atoms with Gasteiger partial charge in [-0.05, 0) is 30.9 Å². The quantitative estimate of drug-likeness (QED) is 0.510. The molecule has 1 aromatic carbocycles. The van der Waals surface area contributed by atoms with Gasteiger partial charge in [-0.2, -0.15) is 5.10 Å². The van der Waals surface area contributed by atoms with Gasteiger partial charge in [-0.3, -0.25) is 9.89 Å². The smallest absolute Gasteiger partial charge is 0.268 e. The summed E-state index contributed by atoms with van der Waals surface area (Å²) in [7, 11) is 0. The Labute approximate surface area is 159 Å². The Morgan fingerprint density at radius 2 is 2.07 bits per heavy atom. The molecule has 1 fully saturated rings. The SMILES string of the molecule is Cc1[nH]ncc1-c1cc2nc([C@@H]3C[C@H](c4ccccc4)CN3)[nH]c(=O)c2s1. The van der Waals surface area contributed by atoms with Crippen LogP contribution >= 0.6 is 11.3 Å². The highest BCUT2D eigenvalue weighted by Gasteiger charge is 2.28. The number of nitrogens with one attached hydrogen (secondary N) is 3. The third kappa shape index (κ3) is 2.89. The summed E-state index contributed by atoms with van der Waals surface area (Å²) >= 11 is 1.46. The zero-order valence-corrected chi connectivity index (χ0v) is 15.6. The second-order valence-electron chi connectivity index (χ2n) is 6.99. The van der Waals surface area contributed by atoms with Crippen molar-refractivity contribution in [1.29, 1.82) is 0 Å². The van der Waals surface area contributed by atoms with Crippen LogP contribution in [-0.4, -0.2) is 26.7 Å². The van der Waals surface area contributed by atoms with Gasteiger partial charge in [0, 0.05) is 22.7 Å². The molecule has 0 amide bonds. The second kappa shape index (κ2) is 6.44. The molecule has 5 rings (SSSR count). The lowest BCUT2D eigenvalue weighted by molar-refractivity contribution is 0.601. The van der Waals surface area contributed by atoms with Crippen molar-refractivity contribution in [3.63, 3.8) is 0 Å². The third-order valence-electron chi connectivity index (χ3n) is 5.23. The molecular formula is C20H19N5OS. The molecule has 0 spiro atoms. The van der Waals surface area contributed by atoms with Crippen LogP contribution in [0.15, 0.2) is 47.4 Å². The van der Waals surface area contributed by atoms with Gasteiger partial charge in [0.25, 0.3) is 5.56 Å². The first-order valence-electron chi connectivity index (χ1n) is 9.01. The van der Waals surface area contributed by atoms with E-state index in [1.165, 1.54) is 16.9 Å². The van der Waals surface area contributed by atoms with Crippen LogP contribution in [0, 0.1) is 6.92 Å². The molecule has 6 nitrogen and oxygen atoms in total. The van der Waals surface area contributed by atoms with Crippen molar-refractivity contribution < 1.29 is 0 Å². The fraction of sp³-hybridized carbons (Fsp3) is 0.250. The highest BCUT2D eigenvalue weighted by molar-refractivity contribution is 7.22. The van der Waals surface area contributed by atoms with Crippen molar-refractivity contribution in [2.24, 2.45) is 0 Å². The zero-order valence-electron chi connectivity index (χ0n) is 14.8. The molecule has 1 saturated heterocycles. The topological polar surface area (TPSA) is 86.5 Å². The van der Waals surface area contributed by atoms with E-state index in [2.05, 4.69) is 44.8 Å². The van der Waals surface area contributed by atoms with Crippen molar-refractivity contribution >= 4 is 21.6 Å². The first-order valence-corrected chi connectivity index (χ1v) is 9.83. The Kier molecular flexibility index (Phi) is 3.91. The molecule has 3 aromatic heterocycles. The predicted molar refractivity (Wildman–Crippen MR) is 107 cm³/mol. The van der Waals surface area contributed by atoms with Crippen molar-refractivity contribution in [3.8, 4) is 10.4 Å². The molecule has 7 heteroatoms. The van der Waals surface area contributed by atoms with Gasteiger partial charge < -0.3 is 10.3 Å². The lowest BCUT2D eigenvalue weighted by atomic mass is 9.96. The minimum absolute atomic E-state index is 0.0614. The van der Waals surface area contributed by atoms with Crippen LogP contribution in [0.1, 0.15) is 35.5 Å². The third-order valence-corrected chi connectivity index (χ3v) is 6.38. The van der Waals surface area contributed by atoms with Gasteiger partial charge >= 0.3 is 0 Å². The number of hydrogen-bond acceptors (Lipinski definition) is 5. The molecule has 0 radical (unpaired) electrons. The van der Waals surface area contributed by atoms with E-state index >= 15 is 0 Å². The van der Waals surface area contributed by atoms with E-state index in [0.717, 1.165) is 40.4 Å². The summed E-state index contributed by atoms with van der Waals surface area (Å²) in [4.78, 5) is 21.4. The monoisotopic (exact) mass is 377 g/mol. The number of benzene rings is 1. The molecule has 0 aliphatic carbocycles. The molecule has 27 heavy (non-hydrogen) atoms. The molecule has 1 aliphatic heterocycles. The Balaban J connectivity index is 1.48. The Bertz CT molecular complexity index is 1160. The summed E-state index contributed by atoms with van der Waals surface area (Å²) in [6.07, 6.45) is 2.72. The minimum Gasteiger partial charge on any atom is -0.308 e. The molecule has 3 N–H and O–H groups in total. The van der Waals surface area contributed by atoms with E-state index < -0.39 is 0 Å². The summed E-state index contributed by atoms with van der Waals surface area (Å²) in [5.41, 5.74) is 4.00. The van der Waals surface area contributed by atoms with E-state index in [0.29, 0.717) is 10.6 Å². The lowest BCUT2D eigenvalue weighted by Crippen LogP contribution is -2.20. The van der Waals surface area contributed by atoms with Crippen molar-refractivity contribution in [1.82, 2.24) is 25.5 Å². The maximum absolute atomic E-state index is 12.6. The molecule has 4 aromatic rings. The average molecular weight is 377 g/mol. The number of fused-ring (bicyclic) bond motifs is 1. The normalized spacial score (nSPS) is 19.7. The Morgan fingerprint density at radius 3 is 2.85 bits per heavy atom. The van der Waals surface area contributed by atoms with Crippen molar-refractivity contribution in [2.75, 3.05) is 6.54 Å². The van der Waals surface area contributed by atoms with E-state index in [4.69, 9.17) is 4.98 Å². The molecule has 2 atom stereocenters. The molecule has 1 aliphatic rings. The predicted octanol–water partition coefficient (Wildman–Crippen LogP) is 3.50. The fourth-order valence-corrected chi connectivity index (χ4v) is 4.84. The maximum atomic E-state index is 12.6. The zero-order chi connectivity index (χ0) is 18.4. The largest absolute Gasteiger partial charge is 0.308 e. The number of H-pyrrole nitrogens is 2. The molecule has 0 unspecified atom stereocenters. The lowest BCUT2D eigenvalue weighted by Gasteiger charge is -2.10. The van der Waals surface area contributed by atoms with Gasteiger partial charge in [0.2, 0.25) is 0 Å². The van der Waals surface area contributed by atoms with Gasteiger partial charge in [-0.1, -0.05) is 30.3 Å². The molecule has 0 bridgehead atoms. The summed E-state index contributed by atoms with van der Waals surface area (Å²) in [6, 6.07) is 12.5. The summed E-state index contributed by atoms with van der Waals surface area (Å²) in [5.74, 6) is 1.16. The number of aryl methyl sites for hydroxylation is 1. The van der Waals surface area contributed by atoms with Gasteiger partial charge in [0.1, 0.15) is 10.5 Å². The van der Waals surface area contributed by atoms with Gasteiger partial charge in [-0.15, -0.1) is 11.3 Å². The first kappa shape index (κ1) is 16.4. The van der Waals surface area contributed by atoms with Crippen LogP contribution in [0.25, 0.3) is 20.7 Å². The highest BCUT2D eigenvalue weighted by atomic mass is 32.1. The van der Waals surface area contributed by atoms with E-state index in [-0.39, 0.29) is 11.6 Å². The maximum Gasteiger partial charge on any atom is 0.268 e. The standard InChI is InChI=1S/C20H19N5OS/c1-11-14(10-22-25-11)17-8-15-18(27-17)20(26)24-19(23-15)16-7-13(9-21-16)12-5-3-2-4-6-12/h2-6,8,10,13,16,21H,7,9H2,1H3,(H,22,25)(H,23,24,26)/t13-,16-/m0/s1. The van der Waals surface area contributed by atoms with E-state index in [1.54, 1.807) is 6.20 Å². The summed E-state index contributed by atoms with van der Waals surface area (Å²) in [5, 5.41) is 10.5. The van der Waals surface area contributed by atoms with Gasteiger partial charge in [0.15, 0.2) is 0 Å². The second-order valence-corrected chi connectivity index (χ2v) is 8.04. The molecule has 136 valence electrons. The van der Waals surface area contributed by atoms with Crippen LogP contribution < -0.4 is 10.9 Å². The molecule has 0 saturated carbocycles. The van der Waals surface area contributed by atoms with Crippen LogP contribution in [0.2, 0.25) is 0 Å². The van der Waals surface area contributed by atoms with Crippen LogP contribution in [-0.2, 0) is 0 Å². The van der Waals surface area contributed by atoms with Gasteiger partial charge in [0.05, 0.1) is 17.8 Å². The van der Waals surface area contributed by atoms with Crippen LogP contribution in [0.4, 0.5) is 0 Å².